The van der Waals surface area contributed by atoms with Gasteiger partial charge in [0, 0.05) is 19.3 Å². The van der Waals surface area contributed by atoms with Crippen LogP contribution in [0.15, 0.2) is 47.9 Å². The molecule has 0 amide bonds. The lowest BCUT2D eigenvalue weighted by molar-refractivity contribution is 0.309. The number of ether oxygens (including phenoxy) is 1. The Morgan fingerprint density at radius 2 is 2.27 bits per heavy atom. The van der Waals surface area contributed by atoms with Crippen molar-refractivity contribution in [3.05, 3.63) is 47.9 Å². The minimum atomic E-state index is 0.679. The van der Waals surface area contributed by atoms with Crippen molar-refractivity contribution in [3.63, 3.8) is 0 Å². The lowest BCUT2D eigenvalue weighted by Crippen LogP contribution is -2.12. The van der Waals surface area contributed by atoms with E-state index in [4.69, 9.17) is 4.74 Å². The van der Waals surface area contributed by atoms with Crippen molar-refractivity contribution in [3.8, 4) is 0 Å². The summed E-state index contributed by atoms with van der Waals surface area (Å²) in [6.07, 6.45) is 4.99. The van der Waals surface area contributed by atoms with Crippen molar-refractivity contribution in [2.75, 3.05) is 20.7 Å². The third-order valence-corrected chi connectivity index (χ3v) is 2.69. The van der Waals surface area contributed by atoms with E-state index in [9.17, 15) is 0 Å². The van der Waals surface area contributed by atoms with Crippen molar-refractivity contribution in [1.29, 1.82) is 0 Å². The minimum Gasteiger partial charge on any atom is -0.497 e. The zero-order valence-corrected chi connectivity index (χ0v) is 9.84. The Labute approximate surface area is 92.2 Å². The molecule has 0 fully saturated rings. The first kappa shape index (κ1) is 11.6. The maximum Gasteiger partial charge on any atom is 0.111 e. The van der Waals surface area contributed by atoms with Gasteiger partial charge >= 0.3 is 0 Å². The van der Waals surface area contributed by atoms with Crippen LogP contribution in [-0.2, 0) is 4.74 Å². The molecule has 0 bridgehead atoms. The van der Waals surface area contributed by atoms with E-state index in [1.54, 1.807) is 7.11 Å². The highest BCUT2D eigenvalue weighted by Crippen LogP contribution is 2.28. The van der Waals surface area contributed by atoms with Gasteiger partial charge in [0.1, 0.15) is 5.76 Å². The van der Waals surface area contributed by atoms with E-state index in [1.807, 2.05) is 6.08 Å². The molecule has 0 atom stereocenters. The lowest BCUT2D eigenvalue weighted by atomic mass is 10.1. The Bertz CT molecular complexity index is 336. The monoisotopic (exact) mass is 205 g/mol. The molecule has 2 heteroatoms. The van der Waals surface area contributed by atoms with Gasteiger partial charge in [-0.15, -0.1) is 0 Å². The van der Waals surface area contributed by atoms with E-state index in [-0.39, 0.29) is 0 Å². The van der Waals surface area contributed by atoms with Crippen molar-refractivity contribution in [2.45, 2.75) is 13.3 Å². The van der Waals surface area contributed by atoms with E-state index in [0.717, 1.165) is 18.7 Å². The largest absolute Gasteiger partial charge is 0.497 e. The molecule has 0 spiro atoms. The highest BCUT2D eigenvalue weighted by molar-refractivity contribution is 5.45. The van der Waals surface area contributed by atoms with Gasteiger partial charge in [-0.25, -0.2) is 0 Å². The summed E-state index contributed by atoms with van der Waals surface area (Å²) in [5.74, 6) is 0.679. The van der Waals surface area contributed by atoms with Crippen LogP contribution in [0.5, 0.6) is 0 Å². The van der Waals surface area contributed by atoms with Gasteiger partial charge in [-0.3, -0.25) is 0 Å². The number of allylic oxidation sites excluding steroid dienone is 2. The van der Waals surface area contributed by atoms with E-state index in [0.29, 0.717) is 5.76 Å². The SMILES string of the molecule is C=C(/C=C\C1=C(CC)C(=C)N(C)C1)OC. The minimum absolute atomic E-state index is 0.679. The summed E-state index contributed by atoms with van der Waals surface area (Å²) in [6.45, 7) is 10.9. The topological polar surface area (TPSA) is 12.5 Å². The van der Waals surface area contributed by atoms with Crippen LogP contribution in [0.2, 0.25) is 0 Å². The van der Waals surface area contributed by atoms with Gasteiger partial charge in [-0.1, -0.05) is 26.2 Å². The molecule has 0 radical (unpaired) electrons. The predicted molar refractivity (Wildman–Crippen MR) is 64.4 cm³/mol. The summed E-state index contributed by atoms with van der Waals surface area (Å²) < 4.78 is 4.99. The van der Waals surface area contributed by atoms with Gasteiger partial charge < -0.3 is 9.64 Å². The molecule has 1 rings (SSSR count). The third-order valence-electron chi connectivity index (χ3n) is 2.69. The first-order valence-corrected chi connectivity index (χ1v) is 5.13. The molecular weight excluding hydrogens is 186 g/mol. The summed E-state index contributed by atoms with van der Waals surface area (Å²) in [4.78, 5) is 2.16. The van der Waals surface area contributed by atoms with E-state index in [2.05, 4.69) is 38.1 Å². The summed E-state index contributed by atoms with van der Waals surface area (Å²) in [7, 11) is 3.69. The molecule has 82 valence electrons. The second kappa shape index (κ2) is 4.87. The van der Waals surface area contributed by atoms with Crippen molar-refractivity contribution >= 4 is 0 Å². The van der Waals surface area contributed by atoms with Gasteiger partial charge in [0.15, 0.2) is 0 Å². The molecule has 0 unspecified atom stereocenters. The van der Waals surface area contributed by atoms with Crippen molar-refractivity contribution in [1.82, 2.24) is 4.90 Å². The van der Waals surface area contributed by atoms with E-state index >= 15 is 0 Å². The van der Waals surface area contributed by atoms with Crippen LogP contribution in [0.1, 0.15) is 13.3 Å². The summed E-state index contributed by atoms with van der Waals surface area (Å²) in [5.41, 5.74) is 3.76. The standard InChI is InChI=1S/C13H19NO/c1-6-13-11(3)14(4)9-12(13)8-7-10(2)15-5/h7-8H,2-3,6,9H2,1,4-5H3/b8-7-. The number of likely N-dealkylation sites (N-methyl/N-ethyl adjacent to an activating group) is 1. The summed E-state index contributed by atoms with van der Waals surface area (Å²) in [5, 5.41) is 0. The normalized spacial score (nSPS) is 16.7. The molecule has 2 nitrogen and oxygen atoms in total. The molecule has 0 saturated carbocycles. The first-order chi connectivity index (χ1) is 7.10. The fourth-order valence-corrected chi connectivity index (χ4v) is 1.71. The quantitative estimate of drug-likeness (QED) is 0.517. The lowest BCUT2D eigenvalue weighted by Gasteiger charge is -2.12. The van der Waals surface area contributed by atoms with Gasteiger partial charge in [0.25, 0.3) is 0 Å². The highest BCUT2D eigenvalue weighted by atomic mass is 16.5. The van der Waals surface area contributed by atoms with Crippen LogP contribution in [-0.4, -0.2) is 25.6 Å². The fourth-order valence-electron chi connectivity index (χ4n) is 1.71. The van der Waals surface area contributed by atoms with Crippen LogP contribution in [0.3, 0.4) is 0 Å². The maximum absolute atomic E-state index is 4.99. The Morgan fingerprint density at radius 3 is 2.80 bits per heavy atom. The Kier molecular flexibility index (Phi) is 3.78. The average Bonchev–Trinajstić information content (AvgIpc) is 2.51. The molecule has 0 saturated heterocycles. The van der Waals surface area contributed by atoms with Gasteiger partial charge in [0.05, 0.1) is 7.11 Å². The van der Waals surface area contributed by atoms with Crippen LogP contribution >= 0.6 is 0 Å². The molecule has 1 aliphatic heterocycles. The second-order valence-electron chi connectivity index (χ2n) is 3.66. The first-order valence-electron chi connectivity index (χ1n) is 5.13. The zero-order chi connectivity index (χ0) is 11.4. The van der Waals surface area contributed by atoms with Crippen molar-refractivity contribution in [2.24, 2.45) is 0 Å². The van der Waals surface area contributed by atoms with Crippen LogP contribution in [0.4, 0.5) is 0 Å². The Balaban J connectivity index is 2.84. The van der Waals surface area contributed by atoms with E-state index < -0.39 is 0 Å². The van der Waals surface area contributed by atoms with Gasteiger partial charge in [-0.05, 0) is 23.6 Å². The number of hydrogen-bond donors (Lipinski definition) is 0. The predicted octanol–water partition coefficient (Wildman–Crippen LogP) is 2.87. The smallest absolute Gasteiger partial charge is 0.111 e. The fraction of sp³-hybridized carbons (Fsp3) is 0.385. The number of rotatable bonds is 4. The van der Waals surface area contributed by atoms with Gasteiger partial charge in [-0.2, -0.15) is 0 Å². The molecular formula is C13H19NO. The van der Waals surface area contributed by atoms with Crippen LogP contribution in [0.25, 0.3) is 0 Å². The van der Waals surface area contributed by atoms with Crippen LogP contribution < -0.4 is 0 Å². The van der Waals surface area contributed by atoms with Crippen molar-refractivity contribution < 1.29 is 4.74 Å². The molecule has 0 aromatic carbocycles. The molecule has 0 aliphatic carbocycles. The summed E-state index contributed by atoms with van der Waals surface area (Å²) >= 11 is 0. The number of hydrogen-bond acceptors (Lipinski definition) is 2. The average molecular weight is 205 g/mol. The Morgan fingerprint density at radius 1 is 1.60 bits per heavy atom. The second-order valence-corrected chi connectivity index (χ2v) is 3.66. The highest BCUT2D eigenvalue weighted by Gasteiger charge is 2.18. The zero-order valence-electron chi connectivity index (χ0n) is 9.84. The molecule has 1 aliphatic rings. The third kappa shape index (κ3) is 2.52. The molecule has 0 aromatic heterocycles. The number of nitrogens with zero attached hydrogens (tertiary/aromatic N) is 1. The molecule has 1 heterocycles. The molecule has 0 N–H and O–H groups in total. The Hall–Kier alpha value is -1.44. The summed E-state index contributed by atoms with van der Waals surface area (Å²) in [6, 6.07) is 0. The molecule has 15 heavy (non-hydrogen) atoms. The molecule has 0 aromatic rings. The van der Waals surface area contributed by atoms with E-state index in [1.165, 1.54) is 11.1 Å². The van der Waals surface area contributed by atoms with Gasteiger partial charge in [0.2, 0.25) is 0 Å². The maximum atomic E-state index is 4.99. The number of methoxy groups -OCH3 is 1. The van der Waals surface area contributed by atoms with Crippen LogP contribution in [0, 0.1) is 0 Å².